The van der Waals surface area contributed by atoms with Crippen LogP contribution in [0.3, 0.4) is 0 Å². The number of hydrogen-bond donors (Lipinski definition) is 0. The van der Waals surface area contributed by atoms with Crippen LogP contribution in [-0.4, -0.2) is 17.7 Å². The first kappa shape index (κ1) is 7.65. The van der Waals surface area contributed by atoms with Crippen molar-refractivity contribution in [2.75, 3.05) is 0 Å². The fourth-order valence-corrected chi connectivity index (χ4v) is 3.50. The zero-order valence-corrected chi connectivity index (χ0v) is 7.52. The quantitative estimate of drug-likeness (QED) is 0.346. The molecule has 4 aliphatic rings. The molecule has 4 fully saturated rings. The third-order valence-corrected chi connectivity index (χ3v) is 3.72. The predicted molar refractivity (Wildman–Crippen MR) is 47.1 cm³/mol. The minimum absolute atomic E-state index is 0.0660. The van der Waals surface area contributed by atoms with Gasteiger partial charge in [-0.2, -0.15) is 0 Å². The van der Waals surface area contributed by atoms with Gasteiger partial charge >= 0.3 is 0 Å². The highest BCUT2D eigenvalue weighted by Crippen LogP contribution is 2.51. The maximum atomic E-state index is 8.54. The maximum absolute atomic E-state index is 8.54. The number of azide groups is 1. The van der Waals surface area contributed by atoms with Gasteiger partial charge in [0.2, 0.25) is 0 Å². The van der Waals surface area contributed by atoms with Crippen molar-refractivity contribution in [2.45, 2.75) is 49.9 Å². The fourth-order valence-electron chi connectivity index (χ4n) is 3.50. The van der Waals surface area contributed by atoms with E-state index >= 15 is 0 Å². The minimum Gasteiger partial charge on any atom is -0.375 e. The van der Waals surface area contributed by atoms with E-state index in [1.54, 1.807) is 0 Å². The summed E-state index contributed by atoms with van der Waals surface area (Å²) in [6, 6.07) is 0. The number of hydrogen-bond acceptors (Lipinski definition) is 2. The van der Waals surface area contributed by atoms with Crippen LogP contribution < -0.4 is 0 Å². The summed E-state index contributed by atoms with van der Waals surface area (Å²) < 4.78 is 5.81. The Hall–Kier alpha value is -0.730. The molecule has 2 unspecified atom stereocenters. The van der Waals surface area contributed by atoms with Crippen molar-refractivity contribution in [3.63, 3.8) is 0 Å². The smallest absolute Gasteiger partial charge is 0.0588 e. The Morgan fingerprint density at radius 3 is 2.46 bits per heavy atom. The molecule has 2 saturated carbocycles. The van der Waals surface area contributed by atoms with E-state index in [-0.39, 0.29) is 5.54 Å². The maximum Gasteiger partial charge on any atom is 0.0588 e. The lowest BCUT2D eigenvalue weighted by Gasteiger charge is -2.54. The van der Waals surface area contributed by atoms with Crippen LogP contribution in [0.2, 0.25) is 0 Å². The van der Waals surface area contributed by atoms with Gasteiger partial charge in [-0.25, -0.2) is 0 Å². The Bertz CT molecular complexity index is 247. The van der Waals surface area contributed by atoms with Crippen molar-refractivity contribution in [3.8, 4) is 0 Å². The Labute approximate surface area is 76.9 Å². The van der Waals surface area contributed by atoms with Crippen molar-refractivity contribution in [2.24, 2.45) is 11.0 Å². The second-order valence-electron chi connectivity index (χ2n) is 4.74. The molecule has 2 aliphatic carbocycles. The molecule has 0 spiro atoms. The van der Waals surface area contributed by atoms with E-state index in [0.29, 0.717) is 12.2 Å². The molecule has 4 rings (SSSR count). The van der Waals surface area contributed by atoms with Gasteiger partial charge in [-0.3, -0.25) is 0 Å². The molecule has 13 heavy (non-hydrogen) atoms. The van der Waals surface area contributed by atoms with Gasteiger partial charge in [0.05, 0.1) is 17.7 Å². The van der Waals surface area contributed by atoms with E-state index in [1.807, 2.05) is 0 Å². The standard InChI is InChI=1S/C9H13N3O/c10-12-11-9-3-6-1-7(4-9)13-8(2-6)5-9/h6-8H,1-5H2/t6?,7-,8+,9?. The van der Waals surface area contributed by atoms with Crippen LogP contribution in [0.4, 0.5) is 0 Å². The zero-order chi connectivity index (χ0) is 8.89. The predicted octanol–water partition coefficient (Wildman–Crippen LogP) is 2.40. The molecule has 0 amide bonds. The highest BCUT2D eigenvalue weighted by atomic mass is 16.5. The molecule has 0 aromatic carbocycles. The lowest BCUT2D eigenvalue weighted by Crippen LogP contribution is -2.54. The first-order valence-electron chi connectivity index (χ1n) is 5.01. The van der Waals surface area contributed by atoms with E-state index in [1.165, 1.54) is 12.8 Å². The van der Waals surface area contributed by atoms with Crippen LogP contribution >= 0.6 is 0 Å². The molecule has 0 radical (unpaired) electrons. The van der Waals surface area contributed by atoms with E-state index in [2.05, 4.69) is 10.0 Å². The summed E-state index contributed by atoms with van der Waals surface area (Å²) in [6.07, 6.45) is 6.19. The molecule has 0 aromatic heterocycles. The number of ether oxygens (including phenoxy) is 1. The van der Waals surface area contributed by atoms with Crippen LogP contribution in [0.15, 0.2) is 5.11 Å². The van der Waals surface area contributed by atoms with Crippen molar-refractivity contribution in [3.05, 3.63) is 10.4 Å². The van der Waals surface area contributed by atoms with Gasteiger partial charge in [0.1, 0.15) is 0 Å². The lowest BCUT2D eigenvalue weighted by molar-refractivity contribution is -0.162. The zero-order valence-electron chi connectivity index (χ0n) is 7.52. The second kappa shape index (κ2) is 2.40. The van der Waals surface area contributed by atoms with Crippen molar-refractivity contribution in [1.29, 1.82) is 0 Å². The molecule has 4 nitrogen and oxygen atoms in total. The summed E-state index contributed by atoms with van der Waals surface area (Å²) in [4.78, 5) is 3.00. The third kappa shape index (κ3) is 1.06. The van der Waals surface area contributed by atoms with E-state index in [9.17, 15) is 0 Å². The normalized spacial score (nSPS) is 51.8. The third-order valence-electron chi connectivity index (χ3n) is 3.72. The SMILES string of the molecule is [N-]=[N+]=NC12CC3C[C@H](C1)O[C@@H](C3)C2. The van der Waals surface area contributed by atoms with Gasteiger partial charge in [0.15, 0.2) is 0 Å². The second-order valence-corrected chi connectivity index (χ2v) is 4.74. The van der Waals surface area contributed by atoms with Gasteiger partial charge in [0.25, 0.3) is 0 Å². The fraction of sp³-hybridized carbons (Fsp3) is 1.00. The highest BCUT2D eigenvalue weighted by Gasteiger charge is 2.51. The molecular weight excluding hydrogens is 166 g/mol. The lowest BCUT2D eigenvalue weighted by atomic mass is 9.63. The summed E-state index contributed by atoms with van der Waals surface area (Å²) in [6.45, 7) is 0. The van der Waals surface area contributed by atoms with Crippen molar-refractivity contribution in [1.82, 2.24) is 0 Å². The minimum atomic E-state index is -0.0660. The van der Waals surface area contributed by atoms with Crippen LogP contribution in [0.25, 0.3) is 10.4 Å². The van der Waals surface area contributed by atoms with Crippen LogP contribution in [0.1, 0.15) is 32.1 Å². The summed E-state index contributed by atoms with van der Waals surface area (Å²) >= 11 is 0. The summed E-state index contributed by atoms with van der Waals surface area (Å²) in [5.41, 5.74) is 8.48. The van der Waals surface area contributed by atoms with Gasteiger partial charge in [-0.1, -0.05) is 5.11 Å². The molecule has 70 valence electrons. The molecule has 4 heteroatoms. The largest absolute Gasteiger partial charge is 0.375 e. The molecule has 4 atom stereocenters. The first-order chi connectivity index (χ1) is 6.30. The molecule has 2 saturated heterocycles. The van der Waals surface area contributed by atoms with Gasteiger partial charge in [0, 0.05) is 4.91 Å². The molecule has 0 aromatic rings. The Morgan fingerprint density at radius 2 is 1.92 bits per heavy atom. The van der Waals surface area contributed by atoms with Crippen molar-refractivity contribution >= 4 is 0 Å². The highest BCUT2D eigenvalue weighted by molar-refractivity contribution is 5.06. The topological polar surface area (TPSA) is 58.0 Å². The Balaban J connectivity index is 1.95. The van der Waals surface area contributed by atoms with E-state index < -0.39 is 0 Å². The molecular formula is C9H13N3O. The Kier molecular flexibility index (Phi) is 1.41. The number of rotatable bonds is 1. The van der Waals surface area contributed by atoms with Gasteiger partial charge < -0.3 is 4.74 Å². The summed E-state index contributed by atoms with van der Waals surface area (Å²) in [5.74, 6) is 0.761. The first-order valence-corrected chi connectivity index (χ1v) is 5.01. The summed E-state index contributed by atoms with van der Waals surface area (Å²) in [7, 11) is 0. The average Bonchev–Trinajstić information content (AvgIpc) is 2.00. The van der Waals surface area contributed by atoms with E-state index in [0.717, 1.165) is 25.2 Å². The van der Waals surface area contributed by atoms with Crippen LogP contribution in [-0.2, 0) is 4.74 Å². The Morgan fingerprint density at radius 1 is 1.23 bits per heavy atom. The van der Waals surface area contributed by atoms with Crippen LogP contribution in [0.5, 0.6) is 0 Å². The monoisotopic (exact) mass is 179 g/mol. The average molecular weight is 179 g/mol. The molecule has 2 aliphatic heterocycles. The molecule has 4 bridgehead atoms. The number of nitrogens with zero attached hydrogens (tertiary/aromatic N) is 3. The van der Waals surface area contributed by atoms with Crippen molar-refractivity contribution < 1.29 is 4.74 Å². The molecule has 0 N–H and O–H groups in total. The van der Waals surface area contributed by atoms with E-state index in [4.69, 9.17) is 10.3 Å². The van der Waals surface area contributed by atoms with Gasteiger partial charge in [-0.05, 0) is 43.6 Å². The summed E-state index contributed by atoms with van der Waals surface area (Å²) in [5, 5.41) is 4.02. The van der Waals surface area contributed by atoms with Crippen LogP contribution in [0, 0.1) is 5.92 Å². The van der Waals surface area contributed by atoms with Gasteiger partial charge in [-0.15, -0.1) is 0 Å². The molecule has 2 heterocycles.